The third-order valence-electron chi connectivity index (χ3n) is 3.03. The minimum absolute atomic E-state index is 0.0499. The van der Waals surface area contributed by atoms with E-state index in [0.717, 1.165) is 24.9 Å². The van der Waals surface area contributed by atoms with E-state index in [4.69, 9.17) is 4.74 Å². The Balaban J connectivity index is 1.93. The zero-order valence-corrected chi connectivity index (χ0v) is 11.5. The van der Waals surface area contributed by atoms with Gasteiger partial charge in [0.25, 0.3) is 0 Å². The molecule has 0 aliphatic carbocycles. The molecular weight excluding hydrogens is 242 g/mol. The van der Waals surface area contributed by atoms with Gasteiger partial charge in [-0.25, -0.2) is 4.98 Å². The van der Waals surface area contributed by atoms with Crippen LogP contribution in [-0.2, 0) is 11.3 Å². The summed E-state index contributed by atoms with van der Waals surface area (Å²) in [5.41, 5.74) is 0.905. The lowest BCUT2D eigenvalue weighted by Crippen LogP contribution is -2.40. The lowest BCUT2D eigenvalue weighted by atomic mass is 10.2. The van der Waals surface area contributed by atoms with E-state index in [1.54, 1.807) is 6.20 Å². The second kappa shape index (κ2) is 6.52. The van der Waals surface area contributed by atoms with Gasteiger partial charge in [-0.05, 0) is 39.3 Å². The topological polar surface area (TPSA) is 63.2 Å². The Morgan fingerprint density at radius 1 is 1.63 bits per heavy atom. The molecule has 1 atom stereocenters. The van der Waals surface area contributed by atoms with Crippen LogP contribution in [0.1, 0.15) is 32.3 Å². The molecule has 1 fully saturated rings. The first-order valence-electron chi connectivity index (χ1n) is 6.78. The lowest BCUT2D eigenvalue weighted by Gasteiger charge is -2.14. The van der Waals surface area contributed by atoms with Crippen LogP contribution in [0.2, 0.25) is 0 Å². The molecule has 2 heterocycles. The van der Waals surface area contributed by atoms with Crippen LogP contribution in [0.25, 0.3) is 0 Å². The third-order valence-corrected chi connectivity index (χ3v) is 3.03. The van der Waals surface area contributed by atoms with Gasteiger partial charge in [0.1, 0.15) is 0 Å². The average Bonchev–Trinajstić information content (AvgIpc) is 2.90. The first-order valence-corrected chi connectivity index (χ1v) is 6.78. The maximum atomic E-state index is 11.9. The number of hydrogen-bond donors (Lipinski definition) is 2. The van der Waals surface area contributed by atoms with Crippen molar-refractivity contribution in [3.63, 3.8) is 0 Å². The summed E-state index contributed by atoms with van der Waals surface area (Å²) in [5.74, 6) is 0.647. The van der Waals surface area contributed by atoms with Crippen LogP contribution in [0, 0.1) is 0 Å². The first-order chi connectivity index (χ1) is 9.16. The van der Waals surface area contributed by atoms with Gasteiger partial charge in [0, 0.05) is 18.3 Å². The summed E-state index contributed by atoms with van der Waals surface area (Å²) < 4.78 is 5.63. The summed E-state index contributed by atoms with van der Waals surface area (Å²) in [7, 11) is 0. The second-order valence-corrected chi connectivity index (χ2v) is 5.00. The second-order valence-electron chi connectivity index (χ2n) is 5.00. The molecule has 5 nitrogen and oxygen atoms in total. The molecule has 1 aliphatic rings. The smallest absolute Gasteiger partial charge is 0.237 e. The maximum Gasteiger partial charge on any atom is 0.237 e. The van der Waals surface area contributed by atoms with E-state index in [1.807, 2.05) is 26.0 Å². The van der Waals surface area contributed by atoms with Crippen molar-refractivity contribution < 1.29 is 9.53 Å². The highest BCUT2D eigenvalue weighted by atomic mass is 16.5. The maximum absolute atomic E-state index is 11.9. The highest BCUT2D eigenvalue weighted by Gasteiger charge is 2.21. The van der Waals surface area contributed by atoms with E-state index in [9.17, 15) is 4.79 Å². The van der Waals surface area contributed by atoms with Gasteiger partial charge in [0.05, 0.1) is 12.1 Å². The summed E-state index contributed by atoms with van der Waals surface area (Å²) in [6, 6.07) is 3.72. The molecule has 0 bridgehead atoms. The van der Waals surface area contributed by atoms with Crippen molar-refractivity contribution in [2.24, 2.45) is 0 Å². The number of aromatic nitrogens is 1. The number of hydrogen-bond acceptors (Lipinski definition) is 4. The number of nitrogens with one attached hydrogen (secondary N) is 2. The molecule has 0 spiro atoms. The molecule has 19 heavy (non-hydrogen) atoms. The Morgan fingerprint density at radius 3 is 3.16 bits per heavy atom. The van der Waals surface area contributed by atoms with Crippen LogP contribution in [0.3, 0.4) is 0 Å². The van der Waals surface area contributed by atoms with Crippen molar-refractivity contribution in [1.82, 2.24) is 15.6 Å². The van der Waals surface area contributed by atoms with Crippen LogP contribution >= 0.6 is 0 Å². The van der Waals surface area contributed by atoms with Crippen LogP contribution < -0.4 is 15.4 Å². The summed E-state index contributed by atoms with van der Waals surface area (Å²) in [6.07, 6.45) is 3.74. The molecule has 2 N–H and O–H groups in total. The van der Waals surface area contributed by atoms with Crippen molar-refractivity contribution in [1.29, 1.82) is 0 Å². The monoisotopic (exact) mass is 263 g/mol. The lowest BCUT2D eigenvalue weighted by molar-refractivity contribution is -0.122. The zero-order valence-electron chi connectivity index (χ0n) is 11.5. The molecule has 1 aliphatic heterocycles. The molecular formula is C14H21N3O2. The molecule has 0 unspecified atom stereocenters. The van der Waals surface area contributed by atoms with Gasteiger partial charge in [-0.15, -0.1) is 0 Å². The Labute approximate surface area is 113 Å². The van der Waals surface area contributed by atoms with Gasteiger partial charge in [0.2, 0.25) is 11.8 Å². The molecule has 2 rings (SSSR count). The van der Waals surface area contributed by atoms with Crippen molar-refractivity contribution in [3.8, 4) is 5.88 Å². The van der Waals surface area contributed by atoms with Crippen molar-refractivity contribution in [3.05, 3.63) is 23.9 Å². The number of carbonyl (C=O) groups is 1. The predicted octanol–water partition coefficient (Wildman–Crippen LogP) is 1.24. The molecule has 1 aromatic rings. The molecule has 0 aromatic carbocycles. The Bertz CT molecular complexity index is 428. The van der Waals surface area contributed by atoms with E-state index in [-0.39, 0.29) is 18.1 Å². The highest BCUT2D eigenvalue weighted by molar-refractivity contribution is 5.82. The van der Waals surface area contributed by atoms with E-state index in [1.165, 1.54) is 0 Å². The summed E-state index contributed by atoms with van der Waals surface area (Å²) in [4.78, 5) is 16.1. The van der Waals surface area contributed by atoms with Gasteiger partial charge in [0.15, 0.2) is 0 Å². The normalized spacial score (nSPS) is 18.6. The Kier molecular flexibility index (Phi) is 4.74. The Hall–Kier alpha value is -1.62. The number of pyridine rings is 1. The summed E-state index contributed by atoms with van der Waals surface area (Å²) in [6.45, 7) is 5.29. The number of ether oxygens (including phenoxy) is 1. The van der Waals surface area contributed by atoms with Crippen molar-refractivity contribution >= 4 is 5.91 Å². The highest BCUT2D eigenvalue weighted by Crippen LogP contribution is 2.15. The van der Waals surface area contributed by atoms with E-state index in [0.29, 0.717) is 12.4 Å². The molecule has 0 saturated carbocycles. The van der Waals surface area contributed by atoms with Gasteiger partial charge in [-0.2, -0.15) is 0 Å². The zero-order chi connectivity index (χ0) is 13.7. The quantitative estimate of drug-likeness (QED) is 0.839. The van der Waals surface area contributed by atoms with Gasteiger partial charge in [-0.3, -0.25) is 4.79 Å². The van der Waals surface area contributed by atoms with Crippen molar-refractivity contribution in [2.45, 2.75) is 45.4 Å². The minimum atomic E-state index is -0.0499. The molecule has 0 radical (unpaired) electrons. The van der Waals surface area contributed by atoms with E-state index in [2.05, 4.69) is 15.6 Å². The Morgan fingerprint density at radius 2 is 2.47 bits per heavy atom. The van der Waals surface area contributed by atoms with Gasteiger partial charge < -0.3 is 15.4 Å². The van der Waals surface area contributed by atoms with Crippen molar-refractivity contribution in [2.75, 3.05) is 6.54 Å². The van der Waals surface area contributed by atoms with Gasteiger partial charge >= 0.3 is 0 Å². The molecule has 1 aromatic heterocycles. The number of carbonyl (C=O) groups excluding carboxylic acids is 1. The van der Waals surface area contributed by atoms with Crippen LogP contribution in [0.4, 0.5) is 0 Å². The first kappa shape index (κ1) is 13.8. The fraction of sp³-hybridized carbons (Fsp3) is 0.571. The average molecular weight is 263 g/mol. The number of rotatable bonds is 5. The van der Waals surface area contributed by atoms with Crippen LogP contribution in [0.5, 0.6) is 5.88 Å². The van der Waals surface area contributed by atoms with Crippen LogP contribution in [-0.4, -0.2) is 29.6 Å². The van der Waals surface area contributed by atoms with E-state index >= 15 is 0 Å². The fourth-order valence-electron chi connectivity index (χ4n) is 2.10. The van der Waals surface area contributed by atoms with E-state index < -0.39 is 0 Å². The molecule has 104 valence electrons. The molecule has 1 amide bonds. The molecule has 5 heteroatoms. The minimum Gasteiger partial charge on any atom is -0.475 e. The SMILES string of the molecule is CC(C)Oc1ncccc1CNC(=O)[C@H]1CCCN1. The summed E-state index contributed by atoms with van der Waals surface area (Å²) in [5, 5.41) is 6.11. The predicted molar refractivity (Wildman–Crippen MR) is 72.9 cm³/mol. The fourth-order valence-corrected chi connectivity index (χ4v) is 2.10. The third kappa shape index (κ3) is 3.92. The summed E-state index contributed by atoms with van der Waals surface area (Å²) >= 11 is 0. The molecule has 1 saturated heterocycles. The largest absolute Gasteiger partial charge is 0.475 e. The van der Waals surface area contributed by atoms with Crippen LogP contribution in [0.15, 0.2) is 18.3 Å². The number of amides is 1. The van der Waals surface area contributed by atoms with Gasteiger partial charge in [-0.1, -0.05) is 6.07 Å². The number of nitrogens with zero attached hydrogens (tertiary/aromatic N) is 1. The standard InChI is InChI=1S/C14H21N3O2/c1-10(2)19-14-11(5-3-8-16-14)9-17-13(18)12-6-4-7-15-12/h3,5,8,10,12,15H,4,6-7,9H2,1-2H3,(H,17,18)/t12-/m1/s1.